The highest BCUT2D eigenvalue weighted by atomic mass is 16.4. The van der Waals surface area contributed by atoms with Crippen LogP contribution in [0.2, 0.25) is 0 Å². The fourth-order valence-corrected chi connectivity index (χ4v) is 5.86. The van der Waals surface area contributed by atoms with E-state index in [9.17, 15) is 29.4 Å². The normalized spacial score (nSPS) is 20.7. The molecule has 1 unspecified atom stereocenters. The summed E-state index contributed by atoms with van der Waals surface area (Å²) in [6.45, 7) is 11.4. The zero-order valence-corrected chi connectivity index (χ0v) is 25.5. The number of carboxylic acid groups (broad SMARTS) is 2. The first kappa shape index (κ1) is 31.3. The van der Waals surface area contributed by atoms with E-state index < -0.39 is 11.9 Å². The summed E-state index contributed by atoms with van der Waals surface area (Å²) in [7, 11) is 0. The summed E-state index contributed by atoms with van der Waals surface area (Å²) in [6.07, 6.45) is 7.34. The molecule has 43 heavy (non-hydrogen) atoms. The third kappa shape index (κ3) is 6.43. The van der Waals surface area contributed by atoms with Gasteiger partial charge in [-0.2, -0.15) is 0 Å². The third-order valence-electron chi connectivity index (χ3n) is 8.43. The van der Waals surface area contributed by atoms with Crippen molar-refractivity contribution in [2.75, 3.05) is 0 Å². The van der Waals surface area contributed by atoms with Crippen molar-refractivity contribution >= 4 is 47.3 Å². The second kappa shape index (κ2) is 12.7. The molecular weight excluding hydrogens is 548 g/mol. The first-order chi connectivity index (χ1) is 20.4. The van der Waals surface area contributed by atoms with Gasteiger partial charge in [-0.3, -0.25) is 24.2 Å². The number of aromatic amines is 1. The molecule has 0 aromatic carbocycles. The van der Waals surface area contributed by atoms with Gasteiger partial charge in [-0.25, -0.2) is 4.99 Å². The molecule has 3 aliphatic rings. The molecule has 0 spiro atoms. The first-order valence-corrected chi connectivity index (χ1v) is 14.6. The molecule has 1 atom stereocenters. The summed E-state index contributed by atoms with van der Waals surface area (Å²) in [5.74, 6) is -2.43. The molecule has 10 heteroatoms. The van der Waals surface area contributed by atoms with Crippen LogP contribution in [0.25, 0.3) is 12.2 Å². The zero-order valence-electron chi connectivity index (χ0n) is 25.5. The predicted octanol–water partition coefficient (Wildman–Crippen LogP) is 3.56. The summed E-state index contributed by atoms with van der Waals surface area (Å²) in [6, 6.07) is 0. The van der Waals surface area contributed by atoms with Gasteiger partial charge in [-0.05, 0) is 92.5 Å². The van der Waals surface area contributed by atoms with Crippen molar-refractivity contribution in [2.24, 2.45) is 15.9 Å². The molecule has 0 saturated heterocycles. The van der Waals surface area contributed by atoms with E-state index in [4.69, 9.17) is 4.99 Å². The number of carbonyl (C=O) groups is 4. The van der Waals surface area contributed by atoms with Gasteiger partial charge in [-0.15, -0.1) is 0 Å². The molecule has 4 rings (SSSR count). The van der Waals surface area contributed by atoms with Crippen LogP contribution in [0.15, 0.2) is 55.3 Å². The summed E-state index contributed by atoms with van der Waals surface area (Å²) < 4.78 is 0. The van der Waals surface area contributed by atoms with Crippen molar-refractivity contribution in [3.05, 3.63) is 67.2 Å². The molecule has 0 aliphatic carbocycles. The number of rotatable bonds is 11. The van der Waals surface area contributed by atoms with Crippen LogP contribution in [0.1, 0.15) is 77.8 Å². The number of carboxylic acids is 2. The summed E-state index contributed by atoms with van der Waals surface area (Å²) in [5.41, 5.74) is 8.18. The maximum atomic E-state index is 12.3. The van der Waals surface area contributed by atoms with E-state index in [0.717, 1.165) is 38.9 Å². The van der Waals surface area contributed by atoms with Gasteiger partial charge >= 0.3 is 11.9 Å². The topological polar surface area (TPSA) is 161 Å². The SMILES string of the molecule is CCC1=C(C)C(=O)N=C1C=c1[nH]/c(=C\C2=NC(/C=C3\NC(=O)C(C)=C3CC)=C(CCC(=O)O)C2C)c(C)c1CCC(=O)O. The van der Waals surface area contributed by atoms with Crippen LogP contribution in [-0.2, 0) is 25.6 Å². The number of aliphatic carboxylic acids is 2. The largest absolute Gasteiger partial charge is 0.481 e. The van der Waals surface area contributed by atoms with E-state index >= 15 is 0 Å². The third-order valence-corrected chi connectivity index (χ3v) is 8.43. The zero-order chi connectivity index (χ0) is 31.6. The molecule has 1 aromatic heterocycles. The minimum Gasteiger partial charge on any atom is -0.481 e. The molecule has 226 valence electrons. The Morgan fingerprint density at radius 2 is 1.51 bits per heavy atom. The molecule has 0 fully saturated rings. The number of hydrogen-bond donors (Lipinski definition) is 4. The number of H-pyrrole nitrogens is 1. The van der Waals surface area contributed by atoms with E-state index in [-0.39, 0.29) is 37.0 Å². The number of nitrogens with one attached hydrogen (secondary N) is 2. The monoisotopic (exact) mass is 586 g/mol. The predicted molar refractivity (Wildman–Crippen MR) is 165 cm³/mol. The average molecular weight is 587 g/mol. The minimum atomic E-state index is -0.913. The van der Waals surface area contributed by atoms with E-state index in [1.165, 1.54) is 0 Å². The number of carbonyl (C=O) groups excluding carboxylic acids is 2. The molecule has 4 N–H and O–H groups in total. The summed E-state index contributed by atoms with van der Waals surface area (Å²) in [4.78, 5) is 60.1. The van der Waals surface area contributed by atoms with Crippen LogP contribution in [0.5, 0.6) is 0 Å². The molecule has 0 radical (unpaired) electrons. The molecule has 0 saturated carbocycles. The Bertz CT molecular complexity index is 1740. The lowest BCUT2D eigenvalue weighted by Gasteiger charge is -2.10. The molecule has 0 bridgehead atoms. The summed E-state index contributed by atoms with van der Waals surface area (Å²) >= 11 is 0. The highest BCUT2D eigenvalue weighted by molar-refractivity contribution is 6.30. The van der Waals surface area contributed by atoms with Crippen LogP contribution < -0.4 is 16.0 Å². The Balaban J connectivity index is 1.83. The van der Waals surface area contributed by atoms with Gasteiger partial charge in [0.15, 0.2) is 0 Å². The molecule has 3 aliphatic heterocycles. The van der Waals surface area contributed by atoms with E-state index in [0.29, 0.717) is 52.9 Å². The Morgan fingerprint density at radius 3 is 2.14 bits per heavy atom. The van der Waals surface area contributed by atoms with Gasteiger partial charge in [0.2, 0.25) is 0 Å². The Labute approximate surface area is 250 Å². The van der Waals surface area contributed by atoms with E-state index in [1.54, 1.807) is 13.8 Å². The highest BCUT2D eigenvalue weighted by Crippen LogP contribution is 2.33. The minimum absolute atomic E-state index is 0.0511. The molecule has 2 amide bonds. The number of hydrogen-bond acceptors (Lipinski definition) is 5. The van der Waals surface area contributed by atoms with E-state index in [1.807, 2.05) is 45.9 Å². The lowest BCUT2D eigenvalue weighted by atomic mass is 9.92. The van der Waals surface area contributed by atoms with Crippen molar-refractivity contribution < 1.29 is 29.4 Å². The van der Waals surface area contributed by atoms with Gasteiger partial charge in [0.25, 0.3) is 11.8 Å². The average Bonchev–Trinajstić information content (AvgIpc) is 3.59. The fraction of sp³-hybridized carbons (Fsp3) is 0.394. The van der Waals surface area contributed by atoms with Crippen LogP contribution in [0, 0.1) is 12.8 Å². The first-order valence-electron chi connectivity index (χ1n) is 14.6. The van der Waals surface area contributed by atoms with Crippen molar-refractivity contribution in [3.8, 4) is 0 Å². The van der Waals surface area contributed by atoms with Gasteiger partial charge in [-0.1, -0.05) is 20.8 Å². The molecule has 4 heterocycles. The number of aromatic nitrogens is 1. The standard InChI is InChI=1S/C33H38N4O6/c1-7-20-18(5)32(42)36-26(20)14-28-22(9-11-30(38)39)16(3)24(34-28)13-25-17(4)23(10-12-31(40)41)29(35-25)15-27-21(8-2)19(6)33(43)37-27/h13-16,35H,7-12H2,1-6H3,(H,36,42)(H,38,39)(H,40,41)/b25-13-,26-14-,29-15?. The van der Waals surface area contributed by atoms with E-state index in [2.05, 4.69) is 15.3 Å². The highest BCUT2D eigenvalue weighted by Gasteiger charge is 2.28. The number of nitrogens with zero attached hydrogens (tertiary/aromatic N) is 2. The molecule has 10 nitrogen and oxygen atoms in total. The van der Waals surface area contributed by atoms with Crippen molar-refractivity contribution in [1.82, 2.24) is 10.3 Å². The van der Waals surface area contributed by atoms with Gasteiger partial charge in [0.05, 0.1) is 17.1 Å². The quantitative estimate of drug-likeness (QED) is 0.310. The maximum absolute atomic E-state index is 12.3. The summed E-state index contributed by atoms with van der Waals surface area (Å²) in [5, 5.41) is 23.1. The fourth-order valence-electron chi connectivity index (χ4n) is 5.86. The van der Waals surface area contributed by atoms with Crippen molar-refractivity contribution in [2.45, 2.75) is 80.1 Å². The van der Waals surface area contributed by atoms with Crippen molar-refractivity contribution in [3.63, 3.8) is 0 Å². The van der Waals surface area contributed by atoms with Gasteiger partial charge in [0.1, 0.15) is 0 Å². The Morgan fingerprint density at radius 1 is 0.860 bits per heavy atom. The van der Waals surface area contributed by atoms with Crippen LogP contribution in [0.3, 0.4) is 0 Å². The van der Waals surface area contributed by atoms with Crippen LogP contribution in [0.4, 0.5) is 0 Å². The van der Waals surface area contributed by atoms with Gasteiger partial charge < -0.3 is 20.5 Å². The smallest absolute Gasteiger partial charge is 0.303 e. The maximum Gasteiger partial charge on any atom is 0.303 e. The Hall–Kier alpha value is -4.60. The van der Waals surface area contributed by atoms with Crippen molar-refractivity contribution in [1.29, 1.82) is 0 Å². The number of aliphatic imine (C=N–C) groups is 2. The molecule has 1 aromatic rings. The lowest BCUT2D eigenvalue weighted by Crippen LogP contribution is -2.17. The Kier molecular flexibility index (Phi) is 9.27. The lowest BCUT2D eigenvalue weighted by molar-refractivity contribution is -0.138. The molecular formula is C33H38N4O6. The second-order valence-corrected chi connectivity index (χ2v) is 11.0. The van der Waals surface area contributed by atoms with Crippen LogP contribution >= 0.6 is 0 Å². The number of allylic oxidation sites excluding steroid dienone is 4. The van der Waals surface area contributed by atoms with Gasteiger partial charge in [0, 0.05) is 46.3 Å². The number of amides is 2. The second-order valence-electron chi connectivity index (χ2n) is 11.0. The van der Waals surface area contributed by atoms with Crippen LogP contribution in [-0.4, -0.2) is 50.4 Å².